The van der Waals surface area contributed by atoms with Gasteiger partial charge in [-0.3, -0.25) is 0 Å². The third-order valence-electron chi connectivity index (χ3n) is 3.43. The van der Waals surface area contributed by atoms with E-state index in [2.05, 4.69) is 17.9 Å². The van der Waals surface area contributed by atoms with Crippen molar-refractivity contribution in [1.29, 1.82) is 0 Å². The fraction of sp³-hybridized carbons (Fsp3) is 0.636. The lowest BCUT2D eigenvalue weighted by Crippen LogP contribution is -2.46. The monoisotopic (exact) mass is 179 g/mol. The van der Waals surface area contributed by atoms with E-state index in [4.69, 9.17) is 0 Å². The minimum atomic E-state index is 0.363. The average Bonchev–Trinajstić information content (AvgIpc) is 2.00. The average molecular weight is 179 g/mol. The molecule has 13 heavy (non-hydrogen) atoms. The van der Waals surface area contributed by atoms with Crippen LogP contribution in [0.3, 0.4) is 0 Å². The highest BCUT2D eigenvalue weighted by Gasteiger charge is 2.40. The van der Waals surface area contributed by atoms with Crippen LogP contribution in [-0.4, -0.2) is 23.1 Å². The highest BCUT2D eigenvalue weighted by molar-refractivity contribution is 5.21. The van der Waals surface area contributed by atoms with Crippen molar-refractivity contribution >= 4 is 0 Å². The fourth-order valence-electron chi connectivity index (χ4n) is 2.41. The van der Waals surface area contributed by atoms with Crippen LogP contribution < -0.4 is 0 Å². The van der Waals surface area contributed by atoms with Gasteiger partial charge >= 0.3 is 0 Å². The topological polar surface area (TPSA) is 23.5 Å². The first-order valence-electron chi connectivity index (χ1n) is 4.93. The van der Waals surface area contributed by atoms with Crippen molar-refractivity contribution in [3.8, 4) is 0 Å². The summed E-state index contributed by atoms with van der Waals surface area (Å²) >= 11 is 0. The third-order valence-corrected chi connectivity index (χ3v) is 3.43. The van der Waals surface area contributed by atoms with Crippen LogP contribution in [0.25, 0.3) is 0 Å². The van der Waals surface area contributed by atoms with E-state index in [1.165, 1.54) is 19.3 Å². The molecule has 2 heteroatoms. The summed E-state index contributed by atoms with van der Waals surface area (Å²) in [7, 11) is 2.04. The summed E-state index contributed by atoms with van der Waals surface area (Å²) in [5, 5.41) is 9.29. The Hall–Kier alpha value is -0.920. The van der Waals surface area contributed by atoms with E-state index >= 15 is 0 Å². The number of hydrogen-bond donors (Lipinski definition) is 1. The summed E-state index contributed by atoms with van der Waals surface area (Å²) in [6.45, 7) is 2.33. The normalized spacial score (nSPS) is 31.1. The van der Waals surface area contributed by atoms with Crippen molar-refractivity contribution in [2.24, 2.45) is 5.41 Å². The molecule has 1 aliphatic carbocycles. The van der Waals surface area contributed by atoms with E-state index in [0.717, 1.165) is 0 Å². The van der Waals surface area contributed by atoms with Crippen molar-refractivity contribution in [1.82, 2.24) is 4.90 Å². The Kier molecular flexibility index (Phi) is 1.86. The minimum Gasteiger partial charge on any atom is -0.506 e. The van der Waals surface area contributed by atoms with Gasteiger partial charge in [0.25, 0.3) is 0 Å². The molecule has 0 amide bonds. The van der Waals surface area contributed by atoms with E-state index < -0.39 is 0 Å². The number of aliphatic hydroxyl groups excluding tert-OH is 1. The molecular weight excluding hydrogens is 162 g/mol. The number of hydrogen-bond acceptors (Lipinski definition) is 2. The van der Waals surface area contributed by atoms with Gasteiger partial charge in [-0.05, 0) is 24.3 Å². The molecule has 0 saturated heterocycles. The molecule has 0 aromatic heterocycles. The van der Waals surface area contributed by atoms with E-state index in [0.29, 0.717) is 17.2 Å². The molecule has 0 radical (unpaired) electrons. The Labute approximate surface area is 79.6 Å². The van der Waals surface area contributed by atoms with Crippen molar-refractivity contribution < 1.29 is 5.11 Å². The summed E-state index contributed by atoms with van der Waals surface area (Å²) in [5.74, 6) is 0.363. The number of rotatable bonds is 1. The molecule has 72 valence electrons. The molecule has 1 fully saturated rings. The summed E-state index contributed by atoms with van der Waals surface area (Å²) in [6, 6.07) is 0.470. The minimum absolute atomic E-state index is 0.363. The van der Waals surface area contributed by atoms with E-state index in [-0.39, 0.29) is 0 Å². The summed E-state index contributed by atoms with van der Waals surface area (Å²) < 4.78 is 0. The van der Waals surface area contributed by atoms with Gasteiger partial charge in [0.1, 0.15) is 5.76 Å². The molecule has 1 unspecified atom stereocenters. The van der Waals surface area contributed by atoms with Crippen molar-refractivity contribution in [2.45, 2.75) is 32.2 Å². The van der Waals surface area contributed by atoms with Crippen LogP contribution in [0, 0.1) is 5.41 Å². The van der Waals surface area contributed by atoms with Crippen molar-refractivity contribution in [3.63, 3.8) is 0 Å². The van der Waals surface area contributed by atoms with Crippen LogP contribution in [0.2, 0.25) is 0 Å². The van der Waals surface area contributed by atoms with Crippen molar-refractivity contribution in [2.75, 3.05) is 7.05 Å². The molecule has 0 aromatic rings. The molecule has 1 aliphatic heterocycles. The second-order valence-electron chi connectivity index (χ2n) is 4.53. The largest absolute Gasteiger partial charge is 0.506 e. The molecule has 2 rings (SSSR count). The summed E-state index contributed by atoms with van der Waals surface area (Å²) in [6.07, 6.45) is 9.71. The van der Waals surface area contributed by atoms with Crippen molar-refractivity contribution in [3.05, 3.63) is 24.1 Å². The Morgan fingerprint density at radius 1 is 1.54 bits per heavy atom. The quantitative estimate of drug-likeness (QED) is 0.668. The lowest BCUT2D eigenvalue weighted by atomic mass is 9.65. The maximum Gasteiger partial charge on any atom is 0.131 e. The molecule has 0 spiro atoms. The zero-order valence-corrected chi connectivity index (χ0v) is 8.33. The van der Waals surface area contributed by atoms with Gasteiger partial charge in [0, 0.05) is 13.2 Å². The smallest absolute Gasteiger partial charge is 0.131 e. The molecule has 2 aliphatic rings. The number of aliphatic hydroxyl groups is 1. The van der Waals surface area contributed by atoms with Crippen LogP contribution >= 0.6 is 0 Å². The number of likely N-dealkylation sites (N-methyl/N-ethyl adjacent to an activating group) is 1. The second-order valence-corrected chi connectivity index (χ2v) is 4.53. The van der Waals surface area contributed by atoms with Gasteiger partial charge < -0.3 is 10.0 Å². The Balaban J connectivity index is 2.14. The molecule has 1 heterocycles. The van der Waals surface area contributed by atoms with E-state index in [1.54, 1.807) is 0 Å². The Morgan fingerprint density at radius 2 is 2.23 bits per heavy atom. The highest BCUT2D eigenvalue weighted by atomic mass is 16.3. The second kappa shape index (κ2) is 2.79. The summed E-state index contributed by atoms with van der Waals surface area (Å²) in [5.41, 5.74) is 0.433. The van der Waals surface area contributed by atoms with Gasteiger partial charge in [0.05, 0.1) is 6.04 Å². The first kappa shape index (κ1) is 8.67. The maximum absolute atomic E-state index is 9.29. The lowest BCUT2D eigenvalue weighted by molar-refractivity contribution is 0.0727. The molecular formula is C11H17NO. The first-order valence-corrected chi connectivity index (χ1v) is 4.93. The van der Waals surface area contributed by atoms with Gasteiger partial charge in [-0.2, -0.15) is 0 Å². The zero-order chi connectivity index (χ0) is 9.47. The predicted molar refractivity (Wildman–Crippen MR) is 53.4 cm³/mol. The van der Waals surface area contributed by atoms with Gasteiger partial charge in [-0.15, -0.1) is 0 Å². The summed E-state index contributed by atoms with van der Waals surface area (Å²) in [4.78, 5) is 2.12. The highest BCUT2D eigenvalue weighted by Crippen LogP contribution is 2.46. The number of allylic oxidation sites excluding steroid dienone is 1. The predicted octanol–water partition coefficient (Wildman–Crippen LogP) is 2.45. The first-order chi connectivity index (χ1) is 6.12. The van der Waals surface area contributed by atoms with Gasteiger partial charge in [0.2, 0.25) is 0 Å². The van der Waals surface area contributed by atoms with Gasteiger partial charge in [-0.25, -0.2) is 0 Å². The lowest BCUT2D eigenvalue weighted by Gasteiger charge is -2.48. The van der Waals surface area contributed by atoms with Crippen LogP contribution in [0.5, 0.6) is 0 Å². The molecule has 1 saturated carbocycles. The number of nitrogens with zero attached hydrogens (tertiary/aromatic N) is 1. The Morgan fingerprint density at radius 3 is 2.69 bits per heavy atom. The van der Waals surface area contributed by atoms with Crippen LogP contribution in [-0.2, 0) is 0 Å². The van der Waals surface area contributed by atoms with Crippen LogP contribution in [0.15, 0.2) is 24.1 Å². The molecule has 1 atom stereocenters. The molecule has 0 bridgehead atoms. The SMILES string of the molecule is CN1C=C(O)C=CC1C1(C)CCC1. The zero-order valence-electron chi connectivity index (χ0n) is 8.33. The molecule has 2 nitrogen and oxygen atoms in total. The van der Waals surface area contributed by atoms with Gasteiger partial charge in [-0.1, -0.05) is 19.4 Å². The van der Waals surface area contributed by atoms with Crippen LogP contribution in [0.1, 0.15) is 26.2 Å². The maximum atomic E-state index is 9.29. The van der Waals surface area contributed by atoms with Crippen LogP contribution in [0.4, 0.5) is 0 Å². The Bertz CT molecular complexity index is 263. The standard InChI is InChI=1S/C11H17NO/c1-11(6-3-7-11)10-5-4-9(13)8-12(10)2/h4-5,8,10,13H,3,6-7H2,1-2H3. The third kappa shape index (κ3) is 1.34. The fourth-order valence-corrected chi connectivity index (χ4v) is 2.41. The molecule has 1 N–H and O–H groups in total. The van der Waals surface area contributed by atoms with E-state index in [9.17, 15) is 5.11 Å². The van der Waals surface area contributed by atoms with Gasteiger partial charge in [0.15, 0.2) is 0 Å². The molecule has 0 aromatic carbocycles. The van der Waals surface area contributed by atoms with E-state index in [1.807, 2.05) is 19.3 Å².